The SMILES string of the molecule is C=C(OC(C)C)N1CCC2(CC1)N(CC)C(=O)c1c(O)c(=O)c(-c3nnc(Cc4ccc(F)cc4F)s3)cn1N2C. The van der Waals surface area contributed by atoms with Gasteiger partial charge in [-0.25, -0.2) is 8.78 Å². The van der Waals surface area contributed by atoms with Crippen molar-refractivity contribution >= 4 is 17.2 Å². The van der Waals surface area contributed by atoms with Crippen molar-refractivity contribution in [1.82, 2.24) is 24.7 Å². The van der Waals surface area contributed by atoms with Gasteiger partial charge in [-0.3, -0.25) is 19.3 Å². The number of aromatic hydroxyl groups is 1. The summed E-state index contributed by atoms with van der Waals surface area (Å²) in [4.78, 5) is 30.8. The van der Waals surface area contributed by atoms with Crippen LogP contribution in [0.5, 0.6) is 5.75 Å². The first-order chi connectivity index (χ1) is 19.5. The van der Waals surface area contributed by atoms with E-state index in [2.05, 4.69) is 16.8 Å². The van der Waals surface area contributed by atoms with E-state index in [-0.39, 0.29) is 34.4 Å². The zero-order chi connectivity index (χ0) is 29.6. The van der Waals surface area contributed by atoms with Crippen molar-refractivity contribution in [2.24, 2.45) is 0 Å². The van der Waals surface area contributed by atoms with E-state index in [4.69, 9.17) is 4.74 Å². The smallest absolute Gasteiger partial charge is 0.278 e. The molecule has 1 amide bonds. The lowest BCUT2D eigenvalue weighted by Gasteiger charge is -2.57. The monoisotopic (exact) mass is 586 g/mol. The van der Waals surface area contributed by atoms with Gasteiger partial charge in [-0.15, -0.1) is 10.2 Å². The summed E-state index contributed by atoms with van der Waals surface area (Å²) in [5, 5.41) is 21.7. The first kappa shape index (κ1) is 28.5. The van der Waals surface area contributed by atoms with Crippen LogP contribution in [0.3, 0.4) is 0 Å². The third kappa shape index (κ3) is 4.92. The van der Waals surface area contributed by atoms with E-state index in [1.165, 1.54) is 16.9 Å². The fourth-order valence-electron chi connectivity index (χ4n) is 5.62. The zero-order valence-electron chi connectivity index (χ0n) is 23.4. The highest BCUT2D eigenvalue weighted by Crippen LogP contribution is 2.39. The molecule has 4 heterocycles. The molecule has 10 nitrogen and oxygen atoms in total. The predicted molar refractivity (Wildman–Crippen MR) is 150 cm³/mol. The molecule has 0 unspecified atom stereocenters. The Labute approximate surface area is 240 Å². The highest BCUT2D eigenvalue weighted by atomic mass is 32.1. The average Bonchev–Trinajstić information content (AvgIpc) is 3.39. The Balaban J connectivity index is 1.49. The lowest BCUT2D eigenvalue weighted by molar-refractivity contribution is -0.0122. The second kappa shape index (κ2) is 10.8. The van der Waals surface area contributed by atoms with Crippen LogP contribution < -0.4 is 10.4 Å². The Morgan fingerprint density at radius 1 is 1.22 bits per heavy atom. The molecule has 5 rings (SSSR count). The van der Waals surface area contributed by atoms with Gasteiger partial charge in [0, 0.05) is 58.2 Å². The number of carbonyl (C=O) groups excluding carboxylic acids is 1. The molecule has 1 N–H and O–H groups in total. The molecule has 2 aliphatic rings. The van der Waals surface area contributed by atoms with Crippen molar-refractivity contribution in [3.8, 4) is 16.3 Å². The number of ether oxygens (including phenoxy) is 1. The number of carbonyl (C=O) groups is 1. The number of benzene rings is 1. The van der Waals surface area contributed by atoms with Crippen LogP contribution in [-0.2, 0) is 11.2 Å². The number of amides is 1. The first-order valence-corrected chi connectivity index (χ1v) is 14.2. The van der Waals surface area contributed by atoms with Crippen LogP contribution in [0.4, 0.5) is 8.78 Å². The van der Waals surface area contributed by atoms with Gasteiger partial charge >= 0.3 is 0 Å². The molecule has 3 aromatic rings. The van der Waals surface area contributed by atoms with Gasteiger partial charge in [-0.1, -0.05) is 17.4 Å². The Bertz CT molecular complexity index is 1560. The number of rotatable bonds is 7. The summed E-state index contributed by atoms with van der Waals surface area (Å²) in [6.45, 7) is 11.4. The van der Waals surface area contributed by atoms with E-state index in [0.717, 1.165) is 23.5 Å². The maximum atomic E-state index is 14.2. The van der Waals surface area contributed by atoms with Gasteiger partial charge in [0.1, 0.15) is 22.3 Å². The predicted octanol–water partition coefficient (Wildman–Crippen LogP) is 3.67. The molecule has 0 radical (unpaired) electrons. The number of piperidine rings is 1. The number of fused-ring (bicyclic) bond motifs is 1. The molecule has 0 bridgehead atoms. The van der Waals surface area contributed by atoms with Gasteiger partial charge in [0.05, 0.1) is 11.7 Å². The van der Waals surface area contributed by atoms with Crippen LogP contribution in [0.25, 0.3) is 10.6 Å². The number of halogens is 2. The van der Waals surface area contributed by atoms with Gasteiger partial charge in [0.2, 0.25) is 5.43 Å². The molecule has 1 fully saturated rings. The summed E-state index contributed by atoms with van der Waals surface area (Å²) in [7, 11) is 1.82. The molecule has 1 aromatic carbocycles. The molecule has 1 spiro atoms. The summed E-state index contributed by atoms with van der Waals surface area (Å²) in [5.74, 6) is -1.92. The minimum Gasteiger partial charge on any atom is -0.502 e. The van der Waals surface area contributed by atoms with Crippen LogP contribution in [0.1, 0.15) is 54.7 Å². The molecule has 2 aliphatic heterocycles. The molecule has 13 heteroatoms. The minimum atomic E-state index is -0.752. The average molecular weight is 587 g/mol. The first-order valence-electron chi connectivity index (χ1n) is 13.4. The normalized spacial score (nSPS) is 16.5. The summed E-state index contributed by atoms with van der Waals surface area (Å²) in [6, 6.07) is 3.29. The molecular weight excluding hydrogens is 554 g/mol. The summed E-state index contributed by atoms with van der Waals surface area (Å²) >= 11 is 1.06. The van der Waals surface area contributed by atoms with Crippen LogP contribution in [-0.4, -0.2) is 74.1 Å². The number of hydrogen-bond donors (Lipinski definition) is 1. The van der Waals surface area contributed by atoms with Crippen LogP contribution >= 0.6 is 11.3 Å². The minimum absolute atomic E-state index is 0.00912. The molecule has 2 aromatic heterocycles. The van der Waals surface area contributed by atoms with Crippen molar-refractivity contribution in [2.45, 2.75) is 51.8 Å². The standard InChI is InChI=1S/C28H32F2N6O4S/c1-6-35-27(39)23-25(38)24(37)20(26-32-31-22(41-26)13-18-7-8-19(29)14-21(18)30)15-36(23)33(5)28(35)9-11-34(12-10-28)17(4)40-16(2)3/h7-8,14-16,38H,4,6,9-13H2,1-3,5H3. The molecule has 218 valence electrons. The molecule has 0 aliphatic carbocycles. The molecule has 41 heavy (non-hydrogen) atoms. The summed E-state index contributed by atoms with van der Waals surface area (Å²) in [6.07, 6.45) is 2.68. The Kier molecular flexibility index (Phi) is 7.49. The van der Waals surface area contributed by atoms with E-state index < -0.39 is 34.4 Å². The van der Waals surface area contributed by atoms with Crippen molar-refractivity contribution in [3.05, 3.63) is 75.0 Å². The van der Waals surface area contributed by atoms with Crippen molar-refractivity contribution in [2.75, 3.05) is 31.7 Å². The van der Waals surface area contributed by atoms with E-state index in [0.29, 0.717) is 43.4 Å². The number of nitrogens with zero attached hydrogens (tertiary/aromatic N) is 6. The second-order valence-electron chi connectivity index (χ2n) is 10.4. The Morgan fingerprint density at radius 3 is 2.56 bits per heavy atom. The molecule has 1 saturated heterocycles. The Hall–Kier alpha value is -4.00. The third-order valence-electron chi connectivity index (χ3n) is 7.70. The van der Waals surface area contributed by atoms with Gasteiger partial charge < -0.3 is 19.6 Å². The van der Waals surface area contributed by atoms with Crippen molar-refractivity contribution < 1.29 is 23.4 Å². The highest BCUT2D eigenvalue weighted by molar-refractivity contribution is 7.14. The fraction of sp³-hybridized carbons (Fsp3) is 0.429. The zero-order valence-corrected chi connectivity index (χ0v) is 24.2. The van der Waals surface area contributed by atoms with Gasteiger partial charge in [-0.05, 0) is 39.0 Å². The quantitative estimate of drug-likeness (QED) is 0.419. The van der Waals surface area contributed by atoms with E-state index in [9.17, 15) is 23.5 Å². The molecule has 0 saturated carbocycles. The van der Waals surface area contributed by atoms with E-state index in [1.807, 2.05) is 37.7 Å². The number of pyridine rings is 1. The van der Waals surface area contributed by atoms with Gasteiger partial charge in [-0.2, -0.15) is 0 Å². The maximum Gasteiger partial charge on any atom is 0.278 e. The van der Waals surface area contributed by atoms with Crippen LogP contribution in [0.2, 0.25) is 0 Å². The van der Waals surface area contributed by atoms with Crippen LogP contribution in [0, 0.1) is 11.6 Å². The third-order valence-corrected chi connectivity index (χ3v) is 8.66. The summed E-state index contributed by atoms with van der Waals surface area (Å²) < 4.78 is 34.8. The largest absolute Gasteiger partial charge is 0.502 e. The summed E-state index contributed by atoms with van der Waals surface area (Å²) in [5.41, 5.74) is -1.30. The number of aromatic nitrogens is 3. The van der Waals surface area contributed by atoms with Crippen molar-refractivity contribution in [3.63, 3.8) is 0 Å². The van der Waals surface area contributed by atoms with Crippen molar-refractivity contribution in [1.29, 1.82) is 0 Å². The highest BCUT2D eigenvalue weighted by Gasteiger charge is 2.51. The lowest BCUT2D eigenvalue weighted by Crippen LogP contribution is -2.71. The second-order valence-corrected chi connectivity index (χ2v) is 11.5. The van der Waals surface area contributed by atoms with Crippen LogP contribution in [0.15, 0.2) is 41.7 Å². The number of hydrogen-bond acceptors (Lipinski definition) is 9. The number of likely N-dealkylation sites (tertiary alicyclic amines) is 1. The Morgan fingerprint density at radius 2 is 1.93 bits per heavy atom. The fourth-order valence-corrected chi connectivity index (χ4v) is 6.49. The van der Waals surface area contributed by atoms with Gasteiger partial charge in [0.15, 0.2) is 22.3 Å². The maximum absolute atomic E-state index is 14.2. The van der Waals surface area contributed by atoms with E-state index in [1.54, 1.807) is 4.90 Å². The van der Waals surface area contributed by atoms with Gasteiger partial charge in [0.25, 0.3) is 5.91 Å². The van der Waals surface area contributed by atoms with E-state index >= 15 is 0 Å². The lowest BCUT2D eigenvalue weighted by atomic mass is 9.92. The molecular formula is C28H32F2N6O4S. The topological polar surface area (TPSA) is 104 Å². The molecule has 0 atom stereocenters.